The van der Waals surface area contributed by atoms with Crippen LogP contribution in [0, 0.1) is 13.8 Å². The molecule has 1 fully saturated rings. The molecule has 174 valence electrons. The second kappa shape index (κ2) is 9.12. The Hall–Kier alpha value is -2.95. The number of thiophene rings is 1. The maximum atomic E-state index is 12.5. The Morgan fingerprint density at radius 3 is 2.73 bits per heavy atom. The van der Waals surface area contributed by atoms with E-state index < -0.39 is 0 Å². The van der Waals surface area contributed by atoms with E-state index >= 15 is 0 Å². The number of hydrogen-bond acceptors (Lipinski definition) is 8. The molecule has 5 rings (SSSR count). The first kappa shape index (κ1) is 21.9. The second-order valence-electron chi connectivity index (χ2n) is 8.49. The minimum Gasteiger partial charge on any atom is -0.454 e. The van der Waals surface area contributed by atoms with Gasteiger partial charge in [-0.1, -0.05) is 6.07 Å². The van der Waals surface area contributed by atoms with Crippen molar-refractivity contribution in [3.8, 4) is 11.5 Å². The van der Waals surface area contributed by atoms with E-state index in [9.17, 15) is 9.59 Å². The van der Waals surface area contributed by atoms with Crippen molar-refractivity contribution < 1.29 is 14.3 Å². The number of ether oxygens (including phenoxy) is 2. The molecule has 0 bridgehead atoms. The standard InChI is InChI=1S/C23H27N5O4S/c1-14-15(2)33-23-21(14)22(30)25-19(26-23)11-27-5-7-28(8-6-27)12-20(29)24-10-16-3-4-17-18(9-16)32-13-31-17/h3-4,9H,5-8,10-13H2,1-2H3,(H,24,29)(H,25,26,30). The SMILES string of the molecule is Cc1sc2nc(CN3CCN(CC(=O)NCc4ccc5c(c4)OCO5)CC3)[nH]c(=O)c2c1C. The molecule has 1 saturated heterocycles. The molecule has 0 saturated carbocycles. The number of hydrogen-bond donors (Lipinski definition) is 2. The zero-order valence-electron chi connectivity index (χ0n) is 18.8. The summed E-state index contributed by atoms with van der Waals surface area (Å²) in [6, 6.07) is 5.70. The Balaban J connectivity index is 1.10. The average molecular weight is 470 g/mol. The number of nitrogens with zero attached hydrogens (tertiary/aromatic N) is 3. The number of rotatable bonds is 6. The molecule has 4 heterocycles. The topological polar surface area (TPSA) is 99.8 Å². The minimum atomic E-state index is -0.0605. The summed E-state index contributed by atoms with van der Waals surface area (Å²) in [7, 11) is 0. The van der Waals surface area contributed by atoms with Crippen LogP contribution in [0.25, 0.3) is 10.2 Å². The van der Waals surface area contributed by atoms with Gasteiger partial charge in [0.15, 0.2) is 11.5 Å². The Morgan fingerprint density at radius 1 is 1.15 bits per heavy atom. The highest BCUT2D eigenvalue weighted by Crippen LogP contribution is 2.32. The van der Waals surface area contributed by atoms with Gasteiger partial charge in [-0.15, -0.1) is 11.3 Å². The molecule has 2 aliphatic heterocycles. The van der Waals surface area contributed by atoms with Crippen LogP contribution in [0.15, 0.2) is 23.0 Å². The third kappa shape index (κ3) is 4.73. The van der Waals surface area contributed by atoms with Gasteiger partial charge in [0.2, 0.25) is 12.7 Å². The lowest BCUT2D eigenvalue weighted by Gasteiger charge is -2.33. The van der Waals surface area contributed by atoms with Crippen LogP contribution in [0.1, 0.15) is 21.8 Å². The van der Waals surface area contributed by atoms with Gasteiger partial charge in [0, 0.05) is 37.6 Å². The van der Waals surface area contributed by atoms with Crippen molar-refractivity contribution >= 4 is 27.5 Å². The first-order chi connectivity index (χ1) is 16.0. The average Bonchev–Trinajstić information content (AvgIpc) is 3.37. The molecular formula is C23H27N5O4S. The highest BCUT2D eigenvalue weighted by molar-refractivity contribution is 7.18. The highest BCUT2D eigenvalue weighted by atomic mass is 32.1. The molecule has 3 aromatic rings. The van der Waals surface area contributed by atoms with E-state index in [1.165, 1.54) is 0 Å². The minimum absolute atomic E-state index is 0.000926. The third-order valence-electron chi connectivity index (χ3n) is 6.22. The van der Waals surface area contributed by atoms with Crippen LogP contribution in [0.2, 0.25) is 0 Å². The van der Waals surface area contributed by atoms with Crippen molar-refractivity contribution in [1.82, 2.24) is 25.1 Å². The first-order valence-corrected chi connectivity index (χ1v) is 11.9. The number of fused-ring (bicyclic) bond motifs is 2. The second-order valence-corrected chi connectivity index (χ2v) is 9.70. The summed E-state index contributed by atoms with van der Waals surface area (Å²) in [6.07, 6.45) is 0. The Labute approximate surface area is 195 Å². The molecule has 2 aliphatic rings. The van der Waals surface area contributed by atoms with Gasteiger partial charge in [0.05, 0.1) is 18.5 Å². The largest absolute Gasteiger partial charge is 0.454 e. The van der Waals surface area contributed by atoms with Gasteiger partial charge in [0.1, 0.15) is 10.7 Å². The normalized spacial score (nSPS) is 16.4. The van der Waals surface area contributed by atoms with E-state index in [1.807, 2.05) is 32.0 Å². The van der Waals surface area contributed by atoms with Crippen molar-refractivity contribution in [3.05, 3.63) is 50.4 Å². The molecule has 0 aliphatic carbocycles. The molecule has 0 unspecified atom stereocenters. The van der Waals surface area contributed by atoms with Gasteiger partial charge >= 0.3 is 0 Å². The Bertz CT molecular complexity index is 1250. The maximum absolute atomic E-state index is 12.5. The summed E-state index contributed by atoms with van der Waals surface area (Å²) in [5, 5.41) is 3.69. The summed E-state index contributed by atoms with van der Waals surface area (Å²) in [5.41, 5.74) is 1.93. The lowest BCUT2D eigenvalue weighted by Crippen LogP contribution is -2.49. The van der Waals surface area contributed by atoms with Crippen molar-refractivity contribution in [1.29, 1.82) is 0 Å². The number of carbonyl (C=O) groups is 1. The van der Waals surface area contributed by atoms with Crippen LogP contribution < -0.4 is 20.3 Å². The zero-order chi connectivity index (χ0) is 22.9. The predicted octanol–water partition coefficient (Wildman–Crippen LogP) is 1.76. The van der Waals surface area contributed by atoms with Crippen LogP contribution in [-0.4, -0.2) is 65.2 Å². The summed E-state index contributed by atoms with van der Waals surface area (Å²) in [5.74, 6) is 2.16. The monoisotopic (exact) mass is 469 g/mol. The van der Waals surface area contributed by atoms with Crippen LogP contribution in [0.5, 0.6) is 11.5 Å². The quantitative estimate of drug-likeness (QED) is 0.568. The van der Waals surface area contributed by atoms with Gasteiger partial charge in [-0.3, -0.25) is 19.4 Å². The van der Waals surface area contributed by atoms with Gasteiger partial charge in [0.25, 0.3) is 5.56 Å². The summed E-state index contributed by atoms with van der Waals surface area (Å²) in [6.45, 7) is 8.88. The first-order valence-electron chi connectivity index (χ1n) is 11.0. The molecular weight excluding hydrogens is 442 g/mol. The zero-order valence-corrected chi connectivity index (χ0v) is 19.6. The van der Waals surface area contributed by atoms with Crippen LogP contribution in [0.3, 0.4) is 0 Å². The van der Waals surface area contributed by atoms with Crippen LogP contribution >= 0.6 is 11.3 Å². The van der Waals surface area contributed by atoms with E-state index in [0.29, 0.717) is 30.8 Å². The molecule has 2 N–H and O–H groups in total. The summed E-state index contributed by atoms with van der Waals surface area (Å²) >= 11 is 1.57. The van der Waals surface area contributed by atoms with Crippen molar-refractivity contribution in [2.24, 2.45) is 0 Å². The smallest absolute Gasteiger partial charge is 0.259 e. The van der Waals surface area contributed by atoms with Gasteiger partial charge in [-0.05, 0) is 37.1 Å². The molecule has 0 spiro atoms. The van der Waals surface area contributed by atoms with E-state index in [-0.39, 0.29) is 18.3 Å². The van der Waals surface area contributed by atoms with E-state index in [2.05, 4.69) is 25.1 Å². The summed E-state index contributed by atoms with van der Waals surface area (Å²) < 4.78 is 10.7. The number of H-pyrrole nitrogens is 1. The lowest BCUT2D eigenvalue weighted by atomic mass is 10.2. The fourth-order valence-electron chi connectivity index (χ4n) is 4.20. The van der Waals surface area contributed by atoms with E-state index in [1.54, 1.807) is 11.3 Å². The number of piperazine rings is 1. The lowest BCUT2D eigenvalue weighted by molar-refractivity contribution is -0.122. The highest BCUT2D eigenvalue weighted by Gasteiger charge is 2.21. The predicted molar refractivity (Wildman–Crippen MR) is 126 cm³/mol. The number of aromatic nitrogens is 2. The van der Waals surface area contributed by atoms with Gasteiger partial charge in [-0.25, -0.2) is 4.98 Å². The van der Waals surface area contributed by atoms with Crippen LogP contribution in [-0.2, 0) is 17.9 Å². The van der Waals surface area contributed by atoms with Gasteiger partial charge in [-0.2, -0.15) is 0 Å². The fraction of sp³-hybridized carbons (Fsp3) is 0.435. The maximum Gasteiger partial charge on any atom is 0.259 e. The summed E-state index contributed by atoms with van der Waals surface area (Å²) in [4.78, 5) is 38.9. The fourth-order valence-corrected chi connectivity index (χ4v) is 5.25. The molecule has 0 radical (unpaired) electrons. The molecule has 10 heteroatoms. The van der Waals surface area contributed by atoms with Crippen molar-refractivity contribution in [3.63, 3.8) is 0 Å². The molecule has 9 nitrogen and oxygen atoms in total. The number of aromatic amines is 1. The van der Waals surface area contributed by atoms with E-state index in [0.717, 1.165) is 58.5 Å². The molecule has 1 amide bonds. The van der Waals surface area contributed by atoms with Crippen LogP contribution in [0.4, 0.5) is 0 Å². The molecule has 2 aromatic heterocycles. The Morgan fingerprint density at radius 2 is 1.91 bits per heavy atom. The molecule has 0 atom stereocenters. The molecule has 33 heavy (non-hydrogen) atoms. The molecule has 1 aromatic carbocycles. The number of benzene rings is 1. The Kier molecular flexibility index (Phi) is 6.05. The number of nitrogens with one attached hydrogen (secondary N) is 2. The number of carbonyl (C=O) groups excluding carboxylic acids is 1. The van der Waals surface area contributed by atoms with Gasteiger partial charge < -0.3 is 19.8 Å². The van der Waals surface area contributed by atoms with Crippen molar-refractivity contribution in [2.45, 2.75) is 26.9 Å². The number of amides is 1. The number of aryl methyl sites for hydroxylation is 2. The van der Waals surface area contributed by atoms with E-state index in [4.69, 9.17) is 9.47 Å². The third-order valence-corrected chi connectivity index (χ3v) is 7.32. The van der Waals surface area contributed by atoms with Crippen molar-refractivity contribution in [2.75, 3.05) is 39.5 Å².